The molecule has 0 spiro atoms. The SMILES string of the molecule is CC(=O)C1(O)O[C@@](Br)(CO)[C@@](O)(Br)[C@@](O)(Br)[C@]1(O)Br. The summed E-state index contributed by atoms with van der Waals surface area (Å²) in [7, 11) is 0. The number of Topliss-reactive ketones (excluding diaryl/α,β-unsaturated/α-hetero) is 1. The first-order chi connectivity index (χ1) is 8.21. The maximum absolute atomic E-state index is 11.5. The van der Waals surface area contributed by atoms with Gasteiger partial charge in [0.2, 0.25) is 13.5 Å². The summed E-state index contributed by atoms with van der Waals surface area (Å²) in [6.07, 6.45) is 0. The second-order valence-electron chi connectivity index (χ2n) is 4.06. The van der Waals surface area contributed by atoms with E-state index >= 15 is 0 Å². The third-order valence-electron chi connectivity index (χ3n) is 2.81. The second-order valence-corrected chi connectivity index (χ2v) is 8.78. The van der Waals surface area contributed by atoms with E-state index in [1.54, 1.807) is 0 Å². The smallest absolute Gasteiger partial charge is 0.272 e. The van der Waals surface area contributed by atoms with Crippen molar-refractivity contribution in [3.8, 4) is 0 Å². The molecule has 1 rings (SSSR count). The molecule has 0 bridgehead atoms. The first kappa shape index (κ1) is 18.4. The molecule has 0 saturated carbocycles. The van der Waals surface area contributed by atoms with Crippen LogP contribution in [0.1, 0.15) is 6.92 Å². The van der Waals surface area contributed by atoms with E-state index in [-0.39, 0.29) is 0 Å². The minimum atomic E-state index is -2.96. The molecule has 0 aromatic carbocycles. The number of hydrogen-bond donors (Lipinski definition) is 5. The van der Waals surface area contributed by atoms with Crippen LogP contribution >= 0.6 is 63.7 Å². The highest BCUT2D eigenvalue weighted by atomic mass is 79.9. The minimum Gasteiger partial charge on any atom is -0.392 e. The van der Waals surface area contributed by atoms with Gasteiger partial charge < -0.3 is 30.3 Å². The zero-order valence-corrected chi connectivity index (χ0v) is 15.6. The summed E-state index contributed by atoms with van der Waals surface area (Å²) >= 11 is 10.7. The van der Waals surface area contributed by atoms with E-state index in [4.69, 9.17) is 4.74 Å². The Morgan fingerprint density at radius 2 is 1.42 bits per heavy atom. The highest BCUT2D eigenvalue weighted by Gasteiger charge is 2.81. The summed E-state index contributed by atoms with van der Waals surface area (Å²) in [5.74, 6) is -4.04. The van der Waals surface area contributed by atoms with Gasteiger partial charge in [-0.15, -0.1) is 0 Å². The van der Waals surface area contributed by atoms with Crippen molar-refractivity contribution in [2.75, 3.05) is 6.61 Å². The average molecular weight is 538 g/mol. The molecule has 112 valence electrons. The minimum absolute atomic E-state index is 0.888. The Morgan fingerprint density at radius 1 is 1.00 bits per heavy atom. The Bertz CT molecular complexity index is 412. The number of aliphatic hydroxyl groups is 5. The molecule has 5 N–H and O–H groups in total. The lowest BCUT2D eigenvalue weighted by Gasteiger charge is -2.59. The molecule has 0 amide bonds. The summed E-state index contributed by atoms with van der Waals surface area (Å²) in [5.41, 5.74) is 0. The van der Waals surface area contributed by atoms with Crippen molar-refractivity contribution in [2.45, 2.75) is 30.8 Å². The first-order valence-corrected chi connectivity index (χ1v) is 7.85. The van der Waals surface area contributed by atoms with Crippen molar-refractivity contribution in [3.63, 3.8) is 0 Å². The maximum atomic E-state index is 11.5. The highest BCUT2D eigenvalue weighted by Crippen LogP contribution is 2.62. The average Bonchev–Trinajstić information content (AvgIpc) is 2.25. The van der Waals surface area contributed by atoms with Crippen molar-refractivity contribution in [3.05, 3.63) is 0 Å². The van der Waals surface area contributed by atoms with Crippen LogP contribution < -0.4 is 0 Å². The Balaban J connectivity index is 3.60. The summed E-state index contributed by atoms with van der Waals surface area (Å²) in [4.78, 5) is 11.5. The lowest BCUT2D eigenvalue weighted by Crippen LogP contribution is -2.82. The van der Waals surface area contributed by atoms with E-state index < -0.39 is 36.2 Å². The van der Waals surface area contributed by atoms with Crippen molar-refractivity contribution in [1.29, 1.82) is 0 Å². The lowest BCUT2D eigenvalue weighted by molar-refractivity contribution is -0.360. The van der Waals surface area contributed by atoms with Crippen molar-refractivity contribution >= 4 is 69.5 Å². The van der Waals surface area contributed by atoms with Crippen LogP contribution in [0.5, 0.6) is 0 Å². The predicted molar refractivity (Wildman–Crippen MR) is 77.1 cm³/mol. The molecule has 0 aliphatic carbocycles. The van der Waals surface area contributed by atoms with E-state index in [0.29, 0.717) is 0 Å². The van der Waals surface area contributed by atoms with Crippen LogP contribution in [0.25, 0.3) is 0 Å². The molecule has 7 nitrogen and oxygen atoms in total. The number of ketones is 1. The molecule has 0 radical (unpaired) electrons. The number of rotatable bonds is 2. The quantitative estimate of drug-likeness (QED) is 0.304. The summed E-state index contributed by atoms with van der Waals surface area (Å²) in [6.45, 7) is -0.0694. The molecule has 5 atom stereocenters. The number of halogens is 4. The Hall–Kier alpha value is 1.35. The van der Waals surface area contributed by atoms with Gasteiger partial charge in [-0.3, -0.25) is 4.79 Å². The van der Waals surface area contributed by atoms with E-state index in [0.717, 1.165) is 6.92 Å². The van der Waals surface area contributed by atoms with E-state index in [9.17, 15) is 30.3 Å². The van der Waals surface area contributed by atoms with E-state index in [1.807, 2.05) is 0 Å². The molecule has 1 aliphatic heterocycles. The van der Waals surface area contributed by atoms with Gasteiger partial charge in [-0.25, -0.2) is 0 Å². The van der Waals surface area contributed by atoms with Gasteiger partial charge in [0.25, 0.3) is 5.79 Å². The highest BCUT2D eigenvalue weighted by molar-refractivity contribution is 9.15. The van der Waals surface area contributed by atoms with Crippen LogP contribution in [0, 0.1) is 0 Å². The molecule has 11 heteroatoms. The fourth-order valence-electron chi connectivity index (χ4n) is 1.50. The normalized spacial score (nSPS) is 55.1. The maximum Gasteiger partial charge on any atom is 0.272 e. The van der Waals surface area contributed by atoms with Crippen molar-refractivity contribution < 1.29 is 35.1 Å². The second kappa shape index (κ2) is 4.93. The number of carbonyl (C=O) groups is 1. The number of ether oxygens (including phenoxy) is 1. The molecular weight excluding hydrogens is 528 g/mol. The first-order valence-electron chi connectivity index (χ1n) is 4.68. The van der Waals surface area contributed by atoms with Crippen LogP contribution in [0.15, 0.2) is 0 Å². The summed E-state index contributed by atoms with van der Waals surface area (Å²) in [5, 5.41) is 50.2. The van der Waals surface area contributed by atoms with Crippen LogP contribution in [0.3, 0.4) is 0 Å². The van der Waals surface area contributed by atoms with Gasteiger partial charge in [0.05, 0.1) is 6.61 Å². The zero-order valence-electron chi connectivity index (χ0n) is 9.27. The standard InChI is InChI=1S/C8H10Br4O7/c1-3(14)5(15)7(11,17)8(12,18)6(10,16)4(9,2-13)19-5/h13,15-18H,2H2,1H3/t4-,5?,6-,7-,8-/m0/s1. The molecule has 19 heavy (non-hydrogen) atoms. The van der Waals surface area contributed by atoms with Crippen LogP contribution in [-0.2, 0) is 9.53 Å². The topological polar surface area (TPSA) is 127 Å². The van der Waals surface area contributed by atoms with Gasteiger partial charge in [-0.05, 0) is 63.7 Å². The molecule has 1 unspecified atom stereocenters. The van der Waals surface area contributed by atoms with Gasteiger partial charge in [0.1, 0.15) is 0 Å². The van der Waals surface area contributed by atoms with Crippen LogP contribution in [0.2, 0.25) is 0 Å². The molecule has 1 aliphatic rings. The van der Waals surface area contributed by atoms with Gasteiger partial charge in [0.15, 0.2) is 10.3 Å². The fraction of sp³-hybridized carbons (Fsp3) is 0.875. The van der Waals surface area contributed by atoms with Crippen molar-refractivity contribution in [1.82, 2.24) is 0 Å². The largest absolute Gasteiger partial charge is 0.392 e. The third-order valence-corrected chi connectivity index (χ3v) is 8.87. The zero-order chi connectivity index (χ0) is 15.5. The monoisotopic (exact) mass is 534 g/mol. The molecular formula is C8H10Br4O7. The van der Waals surface area contributed by atoms with Gasteiger partial charge in [-0.1, -0.05) is 0 Å². The van der Waals surface area contributed by atoms with E-state index in [2.05, 4.69) is 63.7 Å². The third kappa shape index (κ3) is 2.13. The van der Waals surface area contributed by atoms with Crippen LogP contribution in [-0.4, -0.2) is 61.8 Å². The van der Waals surface area contributed by atoms with Crippen molar-refractivity contribution in [2.24, 2.45) is 0 Å². The number of alkyl halides is 4. The van der Waals surface area contributed by atoms with Crippen LogP contribution in [0.4, 0.5) is 0 Å². The Morgan fingerprint density at radius 3 is 1.74 bits per heavy atom. The molecule has 0 aromatic rings. The van der Waals surface area contributed by atoms with Gasteiger partial charge in [0, 0.05) is 6.92 Å². The number of aliphatic hydroxyl groups excluding tert-OH is 1. The van der Waals surface area contributed by atoms with E-state index in [1.165, 1.54) is 0 Å². The molecule has 0 aromatic heterocycles. The predicted octanol–water partition coefficient (Wildman–Crippen LogP) is -0.372. The van der Waals surface area contributed by atoms with Gasteiger partial charge in [-0.2, -0.15) is 0 Å². The van der Waals surface area contributed by atoms with Gasteiger partial charge >= 0.3 is 0 Å². The molecule has 1 heterocycles. The molecule has 1 fully saturated rings. The lowest BCUT2D eigenvalue weighted by atomic mass is 9.90. The summed E-state index contributed by atoms with van der Waals surface area (Å²) in [6, 6.07) is 0. The Kier molecular flexibility index (Phi) is 4.78. The summed E-state index contributed by atoms with van der Waals surface area (Å²) < 4.78 is -5.35. The Labute approximate surface area is 141 Å². The number of hydrogen-bond acceptors (Lipinski definition) is 7. The fourth-order valence-corrected chi connectivity index (χ4v) is 4.29. The number of carbonyl (C=O) groups excluding carboxylic acids is 1. The molecule has 1 saturated heterocycles.